The summed E-state index contributed by atoms with van der Waals surface area (Å²) < 4.78 is 1.38. The molecule has 0 saturated heterocycles. The van der Waals surface area contributed by atoms with Crippen LogP contribution in [0.3, 0.4) is 0 Å². The van der Waals surface area contributed by atoms with Crippen LogP contribution in [0, 0.1) is 0 Å². The number of aromatic nitrogens is 2. The topological polar surface area (TPSA) is 84.2 Å². The number of hydrogen-bond acceptors (Lipinski definition) is 4. The number of anilines is 1. The quantitative estimate of drug-likeness (QED) is 0.694. The zero-order chi connectivity index (χ0) is 18.5. The van der Waals surface area contributed by atoms with Crippen molar-refractivity contribution >= 4 is 11.6 Å². The van der Waals surface area contributed by atoms with Gasteiger partial charge < -0.3 is 10.4 Å². The molecule has 0 spiro atoms. The molecule has 3 rings (SSSR count). The van der Waals surface area contributed by atoms with Crippen LogP contribution in [0.5, 0.6) is 5.75 Å². The molecule has 3 aromatic rings. The van der Waals surface area contributed by atoms with Crippen LogP contribution in [-0.4, -0.2) is 20.6 Å². The van der Waals surface area contributed by atoms with E-state index in [-0.39, 0.29) is 23.8 Å². The van der Waals surface area contributed by atoms with E-state index in [9.17, 15) is 14.7 Å². The molecule has 2 aromatic carbocycles. The Morgan fingerprint density at radius 2 is 1.81 bits per heavy atom. The zero-order valence-electron chi connectivity index (χ0n) is 14.3. The number of carbonyl (C=O) groups excluding carboxylic acids is 1. The lowest BCUT2D eigenvalue weighted by molar-refractivity contribution is -0.116. The van der Waals surface area contributed by atoms with E-state index < -0.39 is 0 Å². The summed E-state index contributed by atoms with van der Waals surface area (Å²) in [7, 11) is 0. The first-order valence-corrected chi connectivity index (χ1v) is 8.32. The van der Waals surface area contributed by atoms with Crippen LogP contribution in [-0.2, 0) is 17.8 Å². The number of carbonyl (C=O) groups is 1. The summed E-state index contributed by atoms with van der Waals surface area (Å²) in [6.07, 6.45) is 0.530. The van der Waals surface area contributed by atoms with Crippen molar-refractivity contribution in [3.63, 3.8) is 0 Å². The molecule has 0 saturated carbocycles. The zero-order valence-corrected chi connectivity index (χ0v) is 14.3. The molecule has 0 aliphatic heterocycles. The number of phenolic OH excluding ortho intramolecular Hbond substituents is 1. The number of benzene rings is 2. The lowest BCUT2D eigenvalue weighted by Crippen LogP contribution is -2.30. The smallest absolute Gasteiger partial charge is 0.254 e. The molecule has 132 valence electrons. The summed E-state index contributed by atoms with van der Waals surface area (Å²) in [6, 6.07) is 17.1. The number of aryl methyl sites for hydroxylation is 1. The molecule has 6 nitrogen and oxygen atoms in total. The van der Waals surface area contributed by atoms with Crippen molar-refractivity contribution in [2.75, 3.05) is 5.32 Å². The summed E-state index contributed by atoms with van der Waals surface area (Å²) in [5.74, 6) is 0.340. The van der Waals surface area contributed by atoms with E-state index in [1.165, 1.54) is 22.8 Å². The predicted octanol–water partition coefficient (Wildman–Crippen LogP) is 2.82. The van der Waals surface area contributed by atoms with Gasteiger partial charge in [0.2, 0.25) is 5.91 Å². The average molecular weight is 349 g/mol. The highest BCUT2D eigenvalue weighted by Crippen LogP contribution is 2.16. The number of nitrogens with one attached hydrogen (secondary N) is 1. The van der Waals surface area contributed by atoms with Gasteiger partial charge in [0.25, 0.3) is 5.56 Å². The normalized spacial score (nSPS) is 10.5. The standard InChI is InChI=1S/C20H19N3O3/c1-2-18-22-17(14-6-4-3-5-7-14)12-20(26)23(18)13-19(25)21-15-8-10-16(24)11-9-15/h3-12,24H,2,13H2,1H3,(H,21,25). The van der Waals surface area contributed by atoms with Crippen molar-refractivity contribution in [1.29, 1.82) is 0 Å². The van der Waals surface area contributed by atoms with Crippen molar-refractivity contribution < 1.29 is 9.90 Å². The molecule has 0 aliphatic carbocycles. The van der Waals surface area contributed by atoms with Crippen LogP contribution in [0.2, 0.25) is 0 Å². The van der Waals surface area contributed by atoms with Gasteiger partial charge in [-0.3, -0.25) is 14.2 Å². The number of aromatic hydroxyl groups is 1. The summed E-state index contributed by atoms with van der Waals surface area (Å²) in [4.78, 5) is 29.4. The molecular formula is C20H19N3O3. The van der Waals surface area contributed by atoms with Gasteiger partial charge in [-0.05, 0) is 24.3 Å². The van der Waals surface area contributed by atoms with Crippen molar-refractivity contribution in [2.45, 2.75) is 19.9 Å². The Morgan fingerprint density at radius 1 is 1.12 bits per heavy atom. The summed E-state index contributed by atoms with van der Waals surface area (Å²) >= 11 is 0. The van der Waals surface area contributed by atoms with Crippen LogP contribution in [0.25, 0.3) is 11.3 Å². The van der Waals surface area contributed by atoms with E-state index in [0.717, 1.165) is 5.56 Å². The Balaban J connectivity index is 1.84. The van der Waals surface area contributed by atoms with Crippen LogP contribution in [0.15, 0.2) is 65.5 Å². The summed E-state index contributed by atoms with van der Waals surface area (Å²) in [5, 5.41) is 12.0. The van der Waals surface area contributed by atoms with Crippen molar-refractivity contribution in [1.82, 2.24) is 9.55 Å². The highest BCUT2D eigenvalue weighted by molar-refractivity contribution is 5.90. The van der Waals surface area contributed by atoms with Crippen LogP contribution >= 0.6 is 0 Å². The molecule has 0 fully saturated rings. The number of nitrogens with zero attached hydrogens (tertiary/aromatic N) is 2. The van der Waals surface area contributed by atoms with Gasteiger partial charge in [0.05, 0.1) is 5.69 Å². The van der Waals surface area contributed by atoms with Gasteiger partial charge in [0.1, 0.15) is 18.1 Å². The molecule has 1 amide bonds. The van der Waals surface area contributed by atoms with Crippen LogP contribution in [0.1, 0.15) is 12.7 Å². The summed E-state index contributed by atoms with van der Waals surface area (Å²) in [5.41, 5.74) is 1.74. The van der Waals surface area contributed by atoms with Gasteiger partial charge in [-0.1, -0.05) is 37.3 Å². The van der Waals surface area contributed by atoms with Gasteiger partial charge >= 0.3 is 0 Å². The Labute approximate surface area is 150 Å². The maximum atomic E-state index is 12.5. The second-order valence-corrected chi connectivity index (χ2v) is 5.80. The number of phenols is 1. The Kier molecular flexibility index (Phi) is 5.12. The molecule has 0 unspecified atom stereocenters. The molecular weight excluding hydrogens is 330 g/mol. The third-order valence-electron chi connectivity index (χ3n) is 3.93. The largest absolute Gasteiger partial charge is 0.508 e. The first kappa shape index (κ1) is 17.4. The molecule has 0 radical (unpaired) electrons. The van der Waals surface area contributed by atoms with E-state index in [1.807, 2.05) is 37.3 Å². The number of amides is 1. The van der Waals surface area contributed by atoms with Crippen molar-refractivity contribution in [3.05, 3.63) is 76.8 Å². The minimum Gasteiger partial charge on any atom is -0.508 e. The molecule has 0 aliphatic rings. The fraction of sp³-hybridized carbons (Fsp3) is 0.150. The lowest BCUT2D eigenvalue weighted by atomic mass is 10.1. The molecule has 2 N–H and O–H groups in total. The number of hydrogen-bond donors (Lipinski definition) is 2. The molecule has 0 atom stereocenters. The van der Waals surface area contributed by atoms with E-state index >= 15 is 0 Å². The highest BCUT2D eigenvalue weighted by atomic mass is 16.3. The predicted molar refractivity (Wildman–Crippen MR) is 100 cm³/mol. The fourth-order valence-corrected chi connectivity index (χ4v) is 2.64. The van der Waals surface area contributed by atoms with E-state index in [0.29, 0.717) is 23.6 Å². The minimum absolute atomic E-state index is 0.119. The fourth-order valence-electron chi connectivity index (χ4n) is 2.64. The molecule has 26 heavy (non-hydrogen) atoms. The van der Waals surface area contributed by atoms with Crippen LogP contribution in [0.4, 0.5) is 5.69 Å². The van der Waals surface area contributed by atoms with Crippen molar-refractivity contribution in [2.24, 2.45) is 0 Å². The van der Waals surface area contributed by atoms with Gasteiger partial charge in [0.15, 0.2) is 0 Å². The van der Waals surface area contributed by atoms with Gasteiger partial charge in [-0.15, -0.1) is 0 Å². The number of rotatable bonds is 5. The van der Waals surface area contributed by atoms with Gasteiger partial charge in [-0.2, -0.15) is 0 Å². The minimum atomic E-state index is -0.332. The molecule has 6 heteroatoms. The molecule has 1 aromatic heterocycles. The lowest BCUT2D eigenvalue weighted by Gasteiger charge is -2.13. The molecule has 1 heterocycles. The maximum absolute atomic E-state index is 12.5. The average Bonchev–Trinajstić information content (AvgIpc) is 2.65. The second-order valence-electron chi connectivity index (χ2n) is 5.80. The van der Waals surface area contributed by atoms with Crippen LogP contribution < -0.4 is 10.9 Å². The van der Waals surface area contributed by atoms with E-state index in [2.05, 4.69) is 10.3 Å². The third-order valence-corrected chi connectivity index (χ3v) is 3.93. The molecule has 0 bridgehead atoms. The SMILES string of the molecule is CCc1nc(-c2ccccc2)cc(=O)n1CC(=O)Nc1ccc(O)cc1. The third kappa shape index (κ3) is 3.97. The first-order valence-electron chi connectivity index (χ1n) is 8.32. The van der Waals surface area contributed by atoms with Crippen molar-refractivity contribution in [3.8, 4) is 17.0 Å². The maximum Gasteiger partial charge on any atom is 0.254 e. The first-order chi connectivity index (χ1) is 12.6. The Hall–Kier alpha value is -3.41. The summed E-state index contributed by atoms with van der Waals surface area (Å²) in [6.45, 7) is 1.77. The van der Waals surface area contributed by atoms with E-state index in [1.54, 1.807) is 12.1 Å². The van der Waals surface area contributed by atoms with E-state index in [4.69, 9.17) is 0 Å². The Bertz CT molecular complexity index is 964. The van der Waals surface area contributed by atoms with Gasteiger partial charge in [0, 0.05) is 23.7 Å². The Morgan fingerprint density at radius 3 is 2.46 bits per heavy atom. The second kappa shape index (κ2) is 7.65. The highest BCUT2D eigenvalue weighted by Gasteiger charge is 2.12. The van der Waals surface area contributed by atoms with Gasteiger partial charge in [-0.25, -0.2) is 4.98 Å². The monoisotopic (exact) mass is 349 g/mol.